The average molecular weight is 686 g/mol. The average Bonchev–Trinajstić information content (AvgIpc) is 3.64. The van der Waals surface area contributed by atoms with Crippen molar-refractivity contribution in [2.75, 3.05) is 6.61 Å². The summed E-state index contributed by atoms with van der Waals surface area (Å²) < 4.78 is 12.9. The van der Waals surface area contributed by atoms with Gasteiger partial charge in [-0.05, 0) is 65.8 Å². The van der Waals surface area contributed by atoms with Crippen LogP contribution in [0, 0.1) is 0 Å². The van der Waals surface area contributed by atoms with Crippen molar-refractivity contribution in [2.24, 2.45) is 0 Å². The lowest BCUT2D eigenvalue weighted by molar-refractivity contribution is -0.152. The van der Waals surface area contributed by atoms with Gasteiger partial charge in [-0.2, -0.15) is 0 Å². The smallest absolute Gasteiger partial charge is 0.419 e. The number of ether oxygens (including phenoxy) is 2. The number of hydrogen-bond donors (Lipinski definition) is 2. The molecule has 5 aromatic rings. The number of rotatable bonds is 7. The second-order valence-electron chi connectivity index (χ2n) is 14.0. The second kappa shape index (κ2) is 13.4. The maximum Gasteiger partial charge on any atom is 0.419 e. The van der Waals surface area contributed by atoms with E-state index < -0.39 is 41.7 Å². The molecule has 10 heteroatoms. The van der Waals surface area contributed by atoms with Crippen LogP contribution >= 0.6 is 0 Å². The van der Waals surface area contributed by atoms with Gasteiger partial charge in [0.15, 0.2) is 0 Å². The van der Waals surface area contributed by atoms with Gasteiger partial charge in [0.05, 0.1) is 5.52 Å². The maximum atomic E-state index is 14.5. The highest BCUT2D eigenvalue weighted by atomic mass is 16.6. The Morgan fingerprint density at radius 3 is 2.12 bits per heavy atom. The highest BCUT2D eigenvalue weighted by Gasteiger charge is 2.39. The summed E-state index contributed by atoms with van der Waals surface area (Å²) in [7, 11) is 0. The molecule has 1 aromatic heterocycles. The van der Waals surface area contributed by atoms with Gasteiger partial charge in [-0.15, -0.1) is 0 Å². The molecule has 0 saturated carbocycles. The minimum absolute atomic E-state index is 0.0353. The van der Waals surface area contributed by atoms with E-state index in [0.29, 0.717) is 16.5 Å². The van der Waals surface area contributed by atoms with Crippen LogP contribution in [0.2, 0.25) is 0 Å². The zero-order valence-electron chi connectivity index (χ0n) is 28.7. The van der Waals surface area contributed by atoms with Crippen LogP contribution in [-0.4, -0.2) is 62.9 Å². The highest BCUT2D eigenvalue weighted by Crippen LogP contribution is 2.44. The SMILES string of the molecule is CC(C)(C)OC(=O)n1cc(C[C@H](NC(=O)OCC2c3ccccc3-c3ccccc32)C(=O)N2Cc3ccccc3C[C@H]2C(=O)O)c2ccccc21. The lowest BCUT2D eigenvalue weighted by atomic mass is 9.92. The van der Waals surface area contributed by atoms with Gasteiger partial charge < -0.3 is 24.8 Å². The predicted octanol–water partition coefficient (Wildman–Crippen LogP) is 6.91. The van der Waals surface area contributed by atoms with Gasteiger partial charge in [-0.1, -0.05) is 91.0 Å². The second-order valence-corrected chi connectivity index (χ2v) is 14.0. The number of carboxylic acids is 1. The number of nitrogens with one attached hydrogen (secondary N) is 1. The van der Waals surface area contributed by atoms with Crippen LogP contribution < -0.4 is 5.32 Å². The number of carbonyl (C=O) groups excluding carboxylic acids is 3. The van der Waals surface area contributed by atoms with Crippen molar-refractivity contribution in [2.45, 2.75) is 63.8 Å². The molecule has 0 unspecified atom stereocenters. The third kappa shape index (κ3) is 6.69. The van der Waals surface area contributed by atoms with Crippen molar-refractivity contribution < 1.29 is 33.8 Å². The molecule has 0 bridgehead atoms. The van der Waals surface area contributed by atoms with Crippen LogP contribution in [0.5, 0.6) is 0 Å². The fourth-order valence-corrected chi connectivity index (χ4v) is 7.25. The van der Waals surface area contributed by atoms with Crippen LogP contribution in [0.25, 0.3) is 22.0 Å². The van der Waals surface area contributed by atoms with E-state index in [1.807, 2.05) is 84.9 Å². The van der Waals surface area contributed by atoms with Crippen LogP contribution in [0.15, 0.2) is 103 Å². The van der Waals surface area contributed by atoms with Gasteiger partial charge >= 0.3 is 18.2 Å². The summed E-state index contributed by atoms with van der Waals surface area (Å²) in [5.41, 5.74) is 6.38. The Morgan fingerprint density at radius 2 is 1.45 bits per heavy atom. The quantitative estimate of drug-likeness (QED) is 0.191. The summed E-state index contributed by atoms with van der Waals surface area (Å²) in [4.78, 5) is 55.3. The van der Waals surface area contributed by atoms with E-state index in [4.69, 9.17) is 9.47 Å². The number of aromatic nitrogens is 1. The Hall–Kier alpha value is -5.90. The summed E-state index contributed by atoms with van der Waals surface area (Å²) in [6.45, 7) is 5.43. The Kier molecular flexibility index (Phi) is 8.85. The normalized spacial score (nSPS) is 15.7. The highest BCUT2D eigenvalue weighted by molar-refractivity contribution is 5.94. The fraction of sp³-hybridized carbons (Fsp3) is 0.268. The number of fused-ring (bicyclic) bond motifs is 5. The number of aliphatic carboxylic acids is 1. The van der Waals surface area contributed by atoms with E-state index in [-0.39, 0.29) is 31.9 Å². The Morgan fingerprint density at radius 1 is 0.843 bits per heavy atom. The minimum Gasteiger partial charge on any atom is -0.480 e. The van der Waals surface area contributed by atoms with Crippen molar-refractivity contribution in [3.63, 3.8) is 0 Å². The number of benzene rings is 4. The summed E-state index contributed by atoms with van der Waals surface area (Å²) in [5, 5.41) is 13.7. The van der Waals surface area contributed by atoms with Crippen molar-refractivity contribution >= 4 is 35.0 Å². The van der Waals surface area contributed by atoms with E-state index in [2.05, 4.69) is 5.32 Å². The molecule has 1 aliphatic carbocycles. The number of alkyl carbamates (subject to hydrolysis) is 1. The molecule has 0 radical (unpaired) electrons. The molecular formula is C41H39N3O7. The molecule has 2 N–H and O–H groups in total. The van der Waals surface area contributed by atoms with Gasteiger partial charge in [0.2, 0.25) is 5.91 Å². The number of nitrogens with zero attached hydrogens (tertiary/aromatic N) is 2. The summed E-state index contributed by atoms with van der Waals surface area (Å²) >= 11 is 0. The van der Waals surface area contributed by atoms with Gasteiger partial charge in [-0.3, -0.25) is 9.36 Å². The summed E-state index contributed by atoms with van der Waals surface area (Å²) in [6.07, 6.45) is 0.307. The van der Waals surface area contributed by atoms with E-state index in [1.54, 1.807) is 39.1 Å². The molecular weight excluding hydrogens is 646 g/mol. The number of para-hydroxylation sites is 1. The number of amides is 2. The Bertz CT molecular complexity index is 2120. The Labute approximate surface area is 295 Å². The Balaban J connectivity index is 1.20. The van der Waals surface area contributed by atoms with Crippen molar-refractivity contribution in [3.8, 4) is 11.1 Å². The number of hydrogen-bond acceptors (Lipinski definition) is 6. The zero-order chi connectivity index (χ0) is 35.9. The van der Waals surface area contributed by atoms with E-state index >= 15 is 0 Å². The monoisotopic (exact) mass is 685 g/mol. The maximum absolute atomic E-state index is 14.5. The molecule has 4 aromatic carbocycles. The van der Waals surface area contributed by atoms with Crippen LogP contribution in [0.3, 0.4) is 0 Å². The standard InChI is InChI=1S/C41H39N3O7/c1-41(2,3)51-40(49)44-23-27(28-14-10-11-19-35(28)44)20-34(37(45)43-22-26-13-5-4-12-25(26)21-36(43)38(46)47)42-39(48)50-24-33-31-17-8-6-15-29(31)30-16-7-9-18-32(30)33/h4-19,23,33-34,36H,20-22,24H2,1-3H3,(H,42,48)(H,46,47)/t34-,36-/m0/s1. The summed E-state index contributed by atoms with van der Waals surface area (Å²) in [6, 6.07) is 28.3. The largest absolute Gasteiger partial charge is 0.480 e. The fourth-order valence-electron chi connectivity index (χ4n) is 7.25. The molecule has 7 rings (SSSR count). The third-order valence-corrected chi connectivity index (χ3v) is 9.56. The molecule has 2 atom stereocenters. The van der Waals surface area contributed by atoms with Crippen molar-refractivity contribution in [1.82, 2.24) is 14.8 Å². The number of carboxylic acid groups (broad SMARTS) is 1. The first-order valence-electron chi connectivity index (χ1n) is 17.0. The van der Waals surface area contributed by atoms with E-state index in [9.17, 15) is 24.3 Å². The molecule has 0 saturated heterocycles. The molecule has 51 heavy (non-hydrogen) atoms. The molecule has 260 valence electrons. The molecule has 2 heterocycles. The lowest BCUT2D eigenvalue weighted by Gasteiger charge is -2.36. The third-order valence-electron chi connectivity index (χ3n) is 9.56. The van der Waals surface area contributed by atoms with Gasteiger partial charge in [0, 0.05) is 36.9 Å². The van der Waals surface area contributed by atoms with Gasteiger partial charge in [0.25, 0.3) is 0 Å². The molecule has 1 aliphatic heterocycles. The number of carbonyl (C=O) groups is 4. The predicted molar refractivity (Wildman–Crippen MR) is 191 cm³/mol. The van der Waals surface area contributed by atoms with E-state index in [1.165, 1.54) is 9.47 Å². The van der Waals surface area contributed by atoms with Crippen molar-refractivity contribution in [1.29, 1.82) is 0 Å². The zero-order valence-corrected chi connectivity index (χ0v) is 28.7. The van der Waals surface area contributed by atoms with Gasteiger partial charge in [-0.25, -0.2) is 14.4 Å². The molecule has 2 aliphatic rings. The first-order valence-corrected chi connectivity index (χ1v) is 17.0. The van der Waals surface area contributed by atoms with Crippen molar-refractivity contribution in [3.05, 3.63) is 131 Å². The summed E-state index contributed by atoms with van der Waals surface area (Å²) in [5.74, 6) is -1.90. The first kappa shape index (κ1) is 33.6. The molecule has 2 amide bonds. The topological polar surface area (TPSA) is 127 Å². The van der Waals surface area contributed by atoms with Gasteiger partial charge in [0.1, 0.15) is 24.3 Å². The van der Waals surface area contributed by atoms with Crippen LogP contribution in [-0.2, 0) is 38.4 Å². The lowest BCUT2D eigenvalue weighted by Crippen LogP contribution is -2.56. The molecule has 10 nitrogen and oxygen atoms in total. The van der Waals surface area contributed by atoms with Crippen LogP contribution in [0.4, 0.5) is 9.59 Å². The minimum atomic E-state index is -1.22. The molecule has 0 fully saturated rings. The first-order chi connectivity index (χ1) is 24.5. The molecule has 0 spiro atoms. The van der Waals surface area contributed by atoms with Crippen LogP contribution in [0.1, 0.15) is 54.5 Å². The van der Waals surface area contributed by atoms with E-state index in [0.717, 1.165) is 33.4 Å².